The number of aliphatic hydroxyl groups excluding tert-OH is 5. The summed E-state index contributed by atoms with van der Waals surface area (Å²) in [7, 11) is 0. The second-order valence-corrected chi connectivity index (χ2v) is 19.4. The van der Waals surface area contributed by atoms with Crippen LogP contribution < -0.4 is 5.32 Å². The number of carbonyl (C=O) groups excluding carboxylic acids is 1. The highest BCUT2D eigenvalue weighted by Crippen LogP contribution is 2.23. The van der Waals surface area contributed by atoms with Crippen LogP contribution in [-0.2, 0) is 14.3 Å². The standard InChI is InChI=1S/C56H105NO8/c1-3-5-7-9-11-13-15-17-19-20-21-22-23-24-25-26-27-28-29-30-32-34-36-38-40-42-44-46-52(60)57-49(48-64-56-55(63)54(62)53(61)51(47-58)65-56)50(59)45-43-41-39-37-35-33-31-18-16-14-12-10-8-6-4-2/h15,17,20-21,23-24,49-51,53-56,58-59,61-63H,3-14,16,18-19,22,25-48H2,1-2H3,(H,57,60)/b17-15-,21-20-,24-23-. The van der Waals surface area contributed by atoms with Crippen molar-refractivity contribution in [3.8, 4) is 0 Å². The number of carbonyl (C=O) groups is 1. The van der Waals surface area contributed by atoms with Gasteiger partial charge in [0.05, 0.1) is 25.4 Å². The van der Waals surface area contributed by atoms with E-state index in [1.165, 1.54) is 180 Å². The summed E-state index contributed by atoms with van der Waals surface area (Å²) in [5.41, 5.74) is 0. The van der Waals surface area contributed by atoms with Crippen LogP contribution in [0, 0.1) is 0 Å². The summed E-state index contributed by atoms with van der Waals surface area (Å²) in [5.74, 6) is -0.145. The highest BCUT2D eigenvalue weighted by molar-refractivity contribution is 5.76. The number of rotatable bonds is 47. The van der Waals surface area contributed by atoms with Gasteiger partial charge in [-0.1, -0.05) is 237 Å². The average molecular weight is 920 g/mol. The molecule has 1 saturated heterocycles. The Bertz CT molecular complexity index is 1110. The summed E-state index contributed by atoms with van der Waals surface area (Å²) in [5, 5.41) is 54.6. The van der Waals surface area contributed by atoms with E-state index in [2.05, 4.69) is 55.6 Å². The fraction of sp³-hybridized carbons (Fsp3) is 0.875. The van der Waals surface area contributed by atoms with Gasteiger partial charge in [-0.15, -0.1) is 0 Å². The third kappa shape index (κ3) is 36.1. The number of amides is 1. The fourth-order valence-corrected chi connectivity index (χ4v) is 8.82. The fourth-order valence-electron chi connectivity index (χ4n) is 8.82. The Morgan fingerprint density at radius 1 is 0.523 bits per heavy atom. The quantitative estimate of drug-likeness (QED) is 0.0261. The highest BCUT2D eigenvalue weighted by Gasteiger charge is 2.44. The zero-order valence-corrected chi connectivity index (χ0v) is 42.3. The van der Waals surface area contributed by atoms with E-state index in [0.717, 1.165) is 51.4 Å². The molecule has 9 nitrogen and oxygen atoms in total. The van der Waals surface area contributed by atoms with Crippen molar-refractivity contribution in [1.82, 2.24) is 5.32 Å². The maximum atomic E-state index is 13.0. The molecule has 1 amide bonds. The van der Waals surface area contributed by atoms with E-state index >= 15 is 0 Å². The van der Waals surface area contributed by atoms with Crippen molar-refractivity contribution in [3.05, 3.63) is 36.5 Å². The van der Waals surface area contributed by atoms with Gasteiger partial charge in [-0.25, -0.2) is 0 Å². The Kier molecular flexibility index (Phi) is 43.6. The largest absolute Gasteiger partial charge is 0.394 e. The summed E-state index contributed by atoms with van der Waals surface area (Å²) in [6.45, 7) is 3.84. The van der Waals surface area contributed by atoms with E-state index in [-0.39, 0.29) is 12.5 Å². The molecule has 0 aromatic rings. The number of hydrogen-bond acceptors (Lipinski definition) is 8. The summed E-state index contributed by atoms with van der Waals surface area (Å²) in [6.07, 6.45) is 51.6. The molecular formula is C56H105NO8. The predicted octanol–water partition coefficient (Wildman–Crippen LogP) is 13.2. The molecule has 1 heterocycles. The first-order chi connectivity index (χ1) is 31.8. The van der Waals surface area contributed by atoms with E-state index < -0.39 is 49.5 Å². The van der Waals surface area contributed by atoms with Gasteiger partial charge >= 0.3 is 0 Å². The Labute approximate surface area is 400 Å². The Morgan fingerprint density at radius 2 is 0.908 bits per heavy atom. The normalized spacial score (nSPS) is 20.1. The Morgan fingerprint density at radius 3 is 1.34 bits per heavy atom. The van der Waals surface area contributed by atoms with Crippen molar-refractivity contribution in [1.29, 1.82) is 0 Å². The Balaban J connectivity index is 2.20. The number of ether oxygens (including phenoxy) is 2. The van der Waals surface area contributed by atoms with Crippen LogP contribution in [0.4, 0.5) is 0 Å². The summed E-state index contributed by atoms with van der Waals surface area (Å²) in [4.78, 5) is 13.0. The van der Waals surface area contributed by atoms with Gasteiger partial charge in [0.25, 0.3) is 0 Å². The maximum Gasteiger partial charge on any atom is 0.220 e. The molecular weight excluding hydrogens is 815 g/mol. The molecule has 0 radical (unpaired) electrons. The molecule has 1 aliphatic rings. The summed E-state index contributed by atoms with van der Waals surface area (Å²) >= 11 is 0. The van der Waals surface area contributed by atoms with Crippen molar-refractivity contribution in [2.24, 2.45) is 0 Å². The summed E-state index contributed by atoms with van der Waals surface area (Å²) < 4.78 is 11.3. The lowest BCUT2D eigenvalue weighted by Crippen LogP contribution is -2.60. The van der Waals surface area contributed by atoms with Crippen LogP contribution in [0.3, 0.4) is 0 Å². The second-order valence-electron chi connectivity index (χ2n) is 19.4. The number of allylic oxidation sites excluding steroid dienone is 6. The van der Waals surface area contributed by atoms with Gasteiger partial charge in [0.1, 0.15) is 24.4 Å². The molecule has 9 heteroatoms. The number of aliphatic hydroxyl groups is 5. The first-order valence-corrected chi connectivity index (χ1v) is 27.7. The van der Waals surface area contributed by atoms with Crippen LogP contribution in [0.2, 0.25) is 0 Å². The van der Waals surface area contributed by atoms with Crippen molar-refractivity contribution in [2.45, 2.75) is 301 Å². The van der Waals surface area contributed by atoms with Gasteiger partial charge in [0, 0.05) is 6.42 Å². The Hall–Kier alpha value is -1.59. The zero-order valence-electron chi connectivity index (χ0n) is 42.3. The minimum absolute atomic E-state index is 0.137. The topological polar surface area (TPSA) is 149 Å². The van der Waals surface area contributed by atoms with Crippen molar-refractivity contribution < 1.29 is 39.8 Å². The van der Waals surface area contributed by atoms with E-state index in [1.54, 1.807) is 0 Å². The van der Waals surface area contributed by atoms with E-state index in [0.29, 0.717) is 12.8 Å². The van der Waals surface area contributed by atoms with Crippen molar-refractivity contribution in [3.63, 3.8) is 0 Å². The average Bonchev–Trinajstić information content (AvgIpc) is 3.31. The van der Waals surface area contributed by atoms with Crippen LogP contribution in [0.1, 0.15) is 258 Å². The minimum Gasteiger partial charge on any atom is -0.394 e. The molecule has 382 valence electrons. The van der Waals surface area contributed by atoms with Crippen LogP contribution in [0.15, 0.2) is 36.5 Å². The first kappa shape index (κ1) is 61.4. The molecule has 1 aliphatic heterocycles. The smallest absolute Gasteiger partial charge is 0.220 e. The van der Waals surface area contributed by atoms with Gasteiger partial charge in [-0.05, 0) is 51.4 Å². The van der Waals surface area contributed by atoms with E-state index in [9.17, 15) is 30.3 Å². The van der Waals surface area contributed by atoms with Gasteiger partial charge in [0.15, 0.2) is 6.29 Å². The molecule has 1 fully saturated rings. The van der Waals surface area contributed by atoms with Gasteiger partial charge in [-0.2, -0.15) is 0 Å². The third-order valence-corrected chi connectivity index (χ3v) is 13.2. The van der Waals surface area contributed by atoms with Gasteiger partial charge in [-0.3, -0.25) is 4.79 Å². The van der Waals surface area contributed by atoms with Gasteiger partial charge < -0.3 is 40.3 Å². The first-order valence-electron chi connectivity index (χ1n) is 27.7. The molecule has 0 aliphatic carbocycles. The van der Waals surface area contributed by atoms with Crippen LogP contribution in [0.5, 0.6) is 0 Å². The van der Waals surface area contributed by atoms with Crippen molar-refractivity contribution in [2.75, 3.05) is 13.2 Å². The molecule has 0 aromatic heterocycles. The molecule has 1 rings (SSSR count). The number of unbranched alkanes of at least 4 members (excludes halogenated alkanes) is 31. The van der Waals surface area contributed by atoms with Gasteiger partial charge in [0.2, 0.25) is 5.91 Å². The van der Waals surface area contributed by atoms with E-state index in [4.69, 9.17) is 9.47 Å². The molecule has 7 atom stereocenters. The zero-order chi connectivity index (χ0) is 47.3. The molecule has 0 bridgehead atoms. The number of hydrogen-bond donors (Lipinski definition) is 6. The lowest BCUT2D eigenvalue weighted by molar-refractivity contribution is -0.302. The van der Waals surface area contributed by atoms with Crippen LogP contribution in [-0.4, -0.2) is 87.5 Å². The minimum atomic E-state index is -1.55. The SMILES string of the molecule is CCCCCCC/C=C\C/C=C\C/C=C\CCCCCCCCCCCCCCC(=O)NC(COC1OC(CO)C(O)C(O)C1O)C(O)CCCCCCCCCCCCCCCCC. The molecule has 7 unspecified atom stereocenters. The second kappa shape index (κ2) is 46.2. The molecule has 0 aromatic carbocycles. The molecule has 6 N–H and O–H groups in total. The molecule has 0 spiro atoms. The number of nitrogens with one attached hydrogen (secondary N) is 1. The predicted molar refractivity (Wildman–Crippen MR) is 272 cm³/mol. The molecule has 65 heavy (non-hydrogen) atoms. The summed E-state index contributed by atoms with van der Waals surface area (Å²) in [6, 6.07) is -0.719. The van der Waals surface area contributed by atoms with Crippen LogP contribution >= 0.6 is 0 Å². The van der Waals surface area contributed by atoms with Crippen molar-refractivity contribution >= 4 is 5.91 Å². The molecule has 0 saturated carbocycles. The lowest BCUT2D eigenvalue weighted by atomic mass is 9.99. The monoisotopic (exact) mass is 920 g/mol. The highest BCUT2D eigenvalue weighted by atomic mass is 16.7. The van der Waals surface area contributed by atoms with E-state index in [1.807, 2.05) is 0 Å². The van der Waals surface area contributed by atoms with Crippen LogP contribution in [0.25, 0.3) is 0 Å². The maximum absolute atomic E-state index is 13.0. The third-order valence-electron chi connectivity index (χ3n) is 13.2. The lowest BCUT2D eigenvalue weighted by Gasteiger charge is -2.40.